The number of nitrogens with zero attached hydrogens (tertiary/aromatic N) is 2. The van der Waals surface area contributed by atoms with Crippen LogP contribution in [0.4, 0.5) is 0 Å². The Morgan fingerprint density at radius 1 is 1.04 bits per heavy atom. The summed E-state index contributed by atoms with van der Waals surface area (Å²) in [5, 5.41) is 0.278. The zero-order valence-electron chi connectivity index (χ0n) is 13.4. The zero-order valence-corrected chi connectivity index (χ0v) is 14.2. The SMILES string of the molecule is O=C(c1ccccc1)C(C(=O)N1CCOCC1)n1cc(Cl)ccc1=O. The molecule has 2 heterocycles. The third-order valence-corrected chi connectivity index (χ3v) is 4.27. The largest absolute Gasteiger partial charge is 0.378 e. The second-order valence-corrected chi connectivity index (χ2v) is 6.10. The van der Waals surface area contributed by atoms with E-state index in [1.807, 2.05) is 0 Å². The van der Waals surface area contributed by atoms with E-state index < -0.39 is 23.3 Å². The van der Waals surface area contributed by atoms with Gasteiger partial charge in [-0.2, -0.15) is 0 Å². The lowest BCUT2D eigenvalue weighted by Crippen LogP contribution is -2.48. The summed E-state index contributed by atoms with van der Waals surface area (Å²) in [7, 11) is 0. The van der Waals surface area contributed by atoms with E-state index in [9.17, 15) is 14.4 Å². The van der Waals surface area contributed by atoms with Crippen molar-refractivity contribution in [2.24, 2.45) is 0 Å². The second-order valence-electron chi connectivity index (χ2n) is 5.66. The molecule has 1 fully saturated rings. The topological polar surface area (TPSA) is 68.6 Å². The molecule has 1 amide bonds. The molecular weight excluding hydrogens is 344 g/mol. The summed E-state index contributed by atoms with van der Waals surface area (Å²) < 4.78 is 6.36. The third-order valence-electron chi connectivity index (χ3n) is 4.04. The number of morpholine rings is 1. The summed E-state index contributed by atoms with van der Waals surface area (Å²) in [4.78, 5) is 39.9. The zero-order chi connectivity index (χ0) is 17.8. The average Bonchev–Trinajstić information content (AvgIpc) is 2.66. The summed E-state index contributed by atoms with van der Waals surface area (Å²) in [5.74, 6) is -0.872. The predicted octanol–water partition coefficient (Wildman–Crippen LogP) is 1.78. The Hall–Kier alpha value is -2.44. The molecule has 1 aromatic carbocycles. The van der Waals surface area contributed by atoms with E-state index >= 15 is 0 Å². The standard InChI is InChI=1S/C18H17ClN2O4/c19-14-6-7-15(22)21(12-14)16(17(23)13-4-2-1-3-5-13)18(24)20-8-10-25-11-9-20/h1-7,12,16H,8-11H2. The van der Waals surface area contributed by atoms with Crippen molar-refractivity contribution in [3.8, 4) is 0 Å². The van der Waals surface area contributed by atoms with Gasteiger partial charge in [0, 0.05) is 30.9 Å². The minimum atomic E-state index is -1.29. The van der Waals surface area contributed by atoms with Gasteiger partial charge in [0.25, 0.3) is 11.5 Å². The molecule has 1 atom stereocenters. The number of amides is 1. The first-order valence-corrected chi connectivity index (χ1v) is 8.29. The van der Waals surface area contributed by atoms with E-state index in [2.05, 4.69) is 0 Å². The number of carbonyl (C=O) groups is 2. The van der Waals surface area contributed by atoms with Crippen LogP contribution in [0.2, 0.25) is 5.02 Å². The van der Waals surface area contributed by atoms with E-state index in [1.165, 1.54) is 18.3 Å². The molecule has 1 aliphatic rings. The molecule has 2 aromatic rings. The molecule has 1 aromatic heterocycles. The fraction of sp³-hybridized carbons (Fsp3) is 0.278. The average molecular weight is 361 g/mol. The molecule has 1 saturated heterocycles. The number of Topliss-reactive ketones (excluding diaryl/α,β-unsaturated/α-hetero) is 1. The van der Waals surface area contributed by atoms with Gasteiger partial charge in [0.15, 0.2) is 11.8 Å². The van der Waals surface area contributed by atoms with Crippen molar-refractivity contribution in [3.05, 3.63) is 69.6 Å². The number of ether oxygens (including phenoxy) is 1. The van der Waals surface area contributed by atoms with Crippen molar-refractivity contribution in [2.75, 3.05) is 26.3 Å². The number of pyridine rings is 1. The number of hydrogen-bond acceptors (Lipinski definition) is 4. The van der Waals surface area contributed by atoms with Gasteiger partial charge in [-0.25, -0.2) is 0 Å². The number of aromatic nitrogens is 1. The summed E-state index contributed by atoms with van der Waals surface area (Å²) in [5.41, 5.74) is -0.0960. The van der Waals surface area contributed by atoms with Crippen molar-refractivity contribution < 1.29 is 14.3 Å². The molecular formula is C18H17ClN2O4. The number of benzene rings is 1. The molecule has 1 aliphatic heterocycles. The number of hydrogen-bond donors (Lipinski definition) is 0. The fourth-order valence-electron chi connectivity index (χ4n) is 2.75. The van der Waals surface area contributed by atoms with Gasteiger partial charge >= 0.3 is 0 Å². The lowest BCUT2D eigenvalue weighted by molar-refractivity contribution is -0.137. The first kappa shape index (κ1) is 17.4. The Labute approximate surface area is 149 Å². The maximum atomic E-state index is 13.0. The van der Waals surface area contributed by atoms with Gasteiger partial charge in [0.1, 0.15) is 0 Å². The lowest BCUT2D eigenvalue weighted by atomic mass is 10.0. The Morgan fingerprint density at radius 3 is 2.40 bits per heavy atom. The second kappa shape index (κ2) is 7.63. The minimum absolute atomic E-state index is 0.278. The number of halogens is 1. The molecule has 0 aliphatic carbocycles. The van der Waals surface area contributed by atoms with E-state index in [1.54, 1.807) is 35.2 Å². The van der Waals surface area contributed by atoms with Crippen LogP contribution in [0.25, 0.3) is 0 Å². The number of ketones is 1. The summed E-state index contributed by atoms with van der Waals surface area (Å²) >= 11 is 5.99. The highest BCUT2D eigenvalue weighted by atomic mass is 35.5. The first-order valence-electron chi connectivity index (χ1n) is 7.91. The van der Waals surface area contributed by atoms with Crippen molar-refractivity contribution >= 4 is 23.3 Å². The van der Waals surface area contributed by atoms with Gasteiger partial charge in [0.2, 0.25) is 0 Å². The van der Waals surface area contributed by atoms with Gasteiger partial charge in [-0.05, 0) is 6.07 Å². The summed E-state index contributed by atoms with van der Waals surface area (Å²) in [6, 6.07) is 9.85. The molecule has 130 valence electrons. The van der Waals surface area contributed by atoms with Gasteiger partial charge in [-0.1, -0.05) is 41.9 Å². The predicted molar refractivity (Wildman–Crippen MR) is 92.9 cm³/mol. The maximum absolute atomic E-state index is 13.0. The molecule has 0 radical (unpaired) electrons. The minimum Gasteiger partial charge on any atom is -0.378 e. The van der Waals surface area contributed by atoms with Gasteiger partial charge in [-0.15, -0.1) is 0 Å². The Morgan fingerprint density at radius 2 is 1.72 bits per heavy atom. The normalized spacial score (nSPS) is 15.6. The first-order chi connectivity index (χ1) is 12.1. The van der Waals surface area contributed by atoms with Crippen LogP contribution in [0.15, 0.2) is 53.5 Å². The lowest BCUT2D eigenvalue weighted by Gasteiger charge is -2.30. The van der Waals surface area contributed by atoms with Crippen molar-refractivity contribution in [1.82, 2.24) is 9.47 Å². The Kier molecular flexibility index (Phi) is 5.31. The van der Waals surface area contributed by atoms with Crippen LogP contribution in [-0.2, 0) is 9.53 Å². The van der Waals surface area contributed by atoms with Gasteiger partial charge in [0.05, 0.1) is 18.2 Å². The monoisotopic (exact) mass is 360 g/mol. The molecule has 25 heavy (non-hydrogen) atoms. The third kappa shape index (κ3) is 3.81. The van der Waals surface area contributed by atoms with E-state index in [0.717, 1.165) is 4.57 Å². The van der Waals surface area contributed by atoms with Crippen LogP contribution < -0.4 is 5.56 Å². The highest BCUT2D eigenvalue weighted by molar-refractivity contribution is 6.30. The van der Waals surface area contributed by atoms with Crippen molar-refractivity contribution in [2.45, 2.75) is 6.04 Å². The summed E-state index contributed by atoms with van der Waals surface area (Å²) in [6.07, 6.45) is 1.33. The number of rotatable bonds is 4. The Balaban J connectivity index is 2.04. The quantitative estimate of drug-likeness (QED) is 0.615. The molecule has 0 saturated carbocycles. The molecule has 1 unspecified atom stereocenters. The van der Waals surface area contributed by atoms with Crippen molar-refractivity contribution in [3.63, 3.8) is 0 Å². The van der Waals surface area contributed by atoms with Gasteiger partial charge < -0.3 is 9.64 Å². The van der Waals surface area contributed by atoms with E-state index in [0.29, 0.717) is 31.9 Å². The molecule has 6 nitrogen and oxygen atoms in total. The maximum Gasteiger partial charge on any atom is 0.254 e. The van der Waals surface area contributed by atoms with E-state index in [-0.39, 0.29) is 5.02 Å². The molecule has 0 bridgehead atoms. The molecule has 3 rings (SSSR count). The Bertz CT molecular complexity index is 828. The van der Waals surface area contributed by atoms with Crippen LogP contribution in [-0.4, -0.2) is 47.5 Å². The fourth-order valence-corrected chi connectivity index (χ4v) is 2.92. The number of carbonyl (C=O) groups excluding carboxylic acids is 2. The molecule has 0 spiro atoms. The molecule has 0 N–H and O–H groups in total. The van der Waals surface area contributed by atoms with Crippen LogP contribution >= 0.6 is 11.6 Å². The van der Waals surface area contributed by atoms with E-state index in [4.69, 9.17) is 16.3 Å². The van der Waals surface area contributed by atoms with Crippen LogP contribution in [0.3, 0.4) is 0 Å². The summed E-state index contributed by atoms with van der Waals surface area (Å²) in [6.45, 7) is 1.57. The van der Waals surface area contributed by atoms with Crippen LogP contribution in [0.1, 0.15) is 16.4 Å². The molecule has 7 heteroatoms. The highest BCUT2D eigenvalue weighted by Crippen LogP contribution is 2.19. The highest BCUT2D eigenvalue weighted by Gasteiger charge is 2.34. The van der Waals surface area contributed by atoms with Crippen molar-refractivity contribution in [1.29, 1.82) is 0 Å². The van der Waals surface area contributed by atoms with Gasteiger partial charge in [-0.3, -0.25) is 19.0 Å². The van der Waals surface area contributed by atoms with Crippen LogP contribution in [0, 0.1) is 0 Å². The smallest absolute Gasteiger partial charge is 0.254 e. The van der Waals surface area contributed by atoms with Crippen LogP contribution in [0.5, 0.6) is 0 Å².